The summed E-state index contributed by atoms with van der Waals surface area (Å²) in [6, 6.07) is 0.330. The van der Waals surface area contributed by atoms with Crippen LogP contribution in [0, 0.1) is 11.8 Å². The number of ketones is 1. The number of nitrogens with two attached hydrogens (primary N) is 1. The molecule has 3 atom stereocenters. The van der Waals surface area contributed by atoms with Crippen LogP contribution in [0.1, 0.15) is 25.7 Å². The zero-order valence-electron chi connectivity index (χ0n) is 6.45. The smallest absolute Gasteiger partial charge is 0.136 e. The van der Waals surface area contributed by atoms with Gasteiger partial charge in [0.2, 0.25) is 0 Å². The van der Waals surface area contributed by atoms with Crippen LogP contribution in [0.25, 0.3) is 0 Å². The molecule has 0 bridgehead atoms. The summed E-state index contributed by atoms with van der Waals surface area (Å²) in [4.78, 5) is 11.1. The zero-order chi connectivity index (χ0) is 7.14. The fourth-order valence-corrected chi connectivity index (χ4v) is 2.15. The summed E-state index contributed by atoms with van der Waals surface area (Å²) in [6.07, 6.45) is 3.97. The van der Waals surface area contributed by atoms with Crippen LogP contribution >= 0.6 is 12.4 Å². The van der Waals surface area contributed by atoms with Crippen molar-refractivity contribution in [3.05, 3.63) is 0 Å². The molecule has 2 saturated carbocycles. The quantitative estimate of drug-likeness (QED) is 0.600. The van der Waals surface area contributed by atoms with E-state index < -0.39 is 0 Å². The number of carbonyl (C=O) groups is 1. The first-order valence-electron chi connectivity index (χ1n) is 4.07. The molecule has 0 spiro atoms. The fourth-order valence-electron chi connectivity index (χ4n) is 2.15. The molecular formula is C8H14ClNO. The summed E-state index contributed by atoms with van der Waals surface area (Å²) in [5.74, 6) is 1.39. The molecule has 2 aliphatic carbocycles. The van der Waals surface area contributed by atoms with Gasteiger partial charge in [0.05, 0.1) is 0 Å². The largest absolute Gasteiger partial charge is 0.327 e. The highest BCUT2D eigenvalue weighted by Crippen LogP contribution is 2.41. The molecule has 0 aliphatic heterocycles. The SMILES string of the molecule is Cl.NC1CCC(=O)C2CCC12. The number of Topliss-reactive ketones (excluding diaryl/α,β-unsaturated/α-hetero) is 1. The molecule has 2 N–H and O–H groups in total. The molecule has 3 unspecified atom stereocenters. The molecule has 64 valence electrons. The summed E-state index contributed by atoms with van der Waals surface area (Å²) in [5, 5.41) is 0. The molecule has 0 radical (unpaired) electrons. The van der Waals surface area contributed by atoms with Gasteiger partial charge in [-0.1, -0.05) is 0 Å². The number of hydrogen-bond acceptors (Lipinski definition) is 2. The van der Waals surface area contributed by atoms with E-state index in [1.54, 1.807) is 0 Å². The van der Waals surface area contributed by atoms with Gasteiger partial charge >= 0.3 is 0 Å². The van der Waals surface area contributed by atoms with Crippen molar-refractivity contribution in [1.82, 2.24) is 0 Å². The number of carbonyl (C=O) groups excluding carboxylic acids is 1. The number of hydrogen-bond donors (Lipinski definition) is 1. The van der Waals surface area contributed by atoms with Crippen molar-refractivity contribution >= 4 is 18.2 Å². The molecule has 2 rings (SSSR count). The number of fused-ring (bicyclic) bond motifs is 1. The molecule has 0 saturated heterocycles. The Hall–Kier alpha value is -0.0800. The van der Waals surface area contributed by atoms with Crippen molar-refractivity contribution in [2.75, 3.05) is 0 Å². The van der Waals surface area contributed by atoms with E-state index in [9.17, 15) is 4.79 Å². The standard InChI is InChI=1S/C8H13NO.ClH/c9-7-3-4-8(10)6-2-1-5(6)7;/h5-7H,1-4,9H2;1H. The molecule has 11 heavy (non-hydrogen) atoms. The highest BCUT2D eigenvalue weighted by atomic mass is 35.5. The van der Waals surface area contributed by atoms with Crippen LogP contribution < -0.4 is 5.73 Å². The summed E-state index contributed by atoms with van der Waals surface area (Å²) >= 11 is 0. The van der Waals surface area contributed by atoms with E-state index in [0.717, 1.165) is 19.3 Å². The van der Waals surface area contributed by atoms with E-state index in [-0.39, 0.29) is 12.4 Å². The van der Waals surface area contributed by atoms with E-state index >= 15 is 0 Å². The Morgan fingerprint density at radius 2 is 2.00 bits per heavy atom. The predicted octanol–water partition coefficient (Wildman–Crippen LogP) is 1.12. The second kappa shape index (κ2) is 3.11. The lowest BCUT2D eigenvalue weighted by atomic mass is 9.63. The molecule has 0 aromatic heterocycles. The lowest BCUT2D eigenvalue weighted by molar-refractivity contribution is -0.131. The molecule has 0 heterocycles. The van der Waals surface area contributed by atoms with Gasteiger partial charge in [-0.05, 0) is 25.2 Å². The summed E-state index contributed by atoms with van der Waals surface area (Å²) in [5.41, 5.74) is 5.83. The van der Waals surface area contributed by atoms with Crippen molar-refractivity contribution in [2.45, 2.75) is 31.7 Å². The summed E-state index contributed by atoms with van der Waals surface area (Å²) in [7, 11) is 0. The van der Waals surface area contributed by atoms with Crippen LogP contribution in [0.2, 0.25) is 0 Å². The lowest BCUT2D eigenvalue weighted by Gasteiger charge is -2.43. The first kappa shape index (κ1) is 9.01. The van der Waals surface area contributed by atoms with Crippen LogP contribution in [-0.4, -0.2) is 11.8 Å². The van der Waals surface area contributed by atoms with Crippen LogP contribution in [0.3, 0.4) is 0 Å². The minimum Gasteiger partial charge on any atom is -0.327 e. The van der Waals surface area contributed by atoms with Gasteiger partial charge in [-0.15, -0.1) is 12.4 Å². The van der Waals surface area contributed by atoms with Gasteiger partial charge < -0.3 is 5.73 Å². The fraction of sp³-hybridized carbons (Fsp3) is 0.875. The average molecular weight is 176 g/mol. The van der Waals surface area contributed by atoms with Gasteiger partial charge in [-0.25, -0.2) is 0 Å². The lowest BCUT2D eigenvalue weighted by Crippen LogP contribution is -2.48. The Morgan fingerprint density at radius 3 is 2.45 bits per heavy atom. The van der Waals surface area contributed by atoms with Crippen LogP contribution in [0.4, 0.5) is 0 Å². The Labute approximate surface area is 72.9 Å². The van der Waals surface area contributed by atoms with E-state index in [2.05, 4.69) is 0 Å². The molecule has 2 fully saturated rings. The molecular weight excluding hydrogens is 162 g/mol. The predicted molar refractivity (Wildman–Crippen MR) is 45.7 cm³/mol. The third kappa shape index (κ3) is 1.30. The minimum absolute atomic E-state index is 0. The van der Waals surface area contributed by atoms with Gasteiger partial charge in [0.15, 0.2) is 0 Å². The first-order chi connectivity index (χ1) is 4.79. The van der Waals surface area contributed by atoms with Crippen LogP contribution in [0.15, 0.2) is 0 Å². The maximum Gasteiger partial charge on any atom is 0.136 e. The van der Waals surface area contributed by atoms with E-state index in [4.69, 9.17) is 5.73 Å². The maximum absolute atomic E-state index is 11.1. The third-order valence-corrected chi connectivity index (χ3v) is 3.02. The van der Waals surface area contributed by atoms with E-state index in [0.29, 0.717) is 23.7 Å². The average Bonchev–Trinajstić information content (AvgIpc) is 1.78. The van der Waals surface area contributed by atoms with Gasteiger partial charge in [-0.3, -0.25) is 4.79 Å². The van der Waals surface area contributed by atoms with Gasteiger partial charge in [0.25, 0.3) is 0 Å². The Balaban J connectivity index is 0.000000605. The normalized spacial score (nSPS) is 41.9. The van der Waals surface area contributed by atoms with Gasteiger partial charge in [-0.2, -0.15) is 0 Å². The molecule has 0 aromatic rings. The molecule has 0 amide bonds. The summed E-state index contributed by atoms with van der Waals surface area (Å²) in [6.45, 7) is 0. The zero-order valence-corrected chi connectivity index (χ0v) is 7.27. The van der Waals surface area contributed by atoms with Gasteiger partial charge in [0, 0.05) is 18.4 Å². The van der Waals surface area contributed by atoms with Crippen molar-refractivity contribution in [3.63, 3.8) is 0 Å². The Morgan fingerprint density at radius 1 is 1.27 bits per heavy atom. The third-order valence-electron chi connectivity index (χ3n) is 3.02. The Kier molecular flexibility index (Phi) is 2.55. The van der Waals surface area contributed by atoms with E-state index in [1.807, 2.05) is 0 Å². The molecule has 3 heteroatoms. The van der Waals surface area contributed by atoms with Crippen molar-refractivity contribution in [3.8, 4) is 0 Å². The highest BCUT2D eigenvalue weighted by Gasteiger charge is 2.42. The molecule has 2 aliphatic rings. The van der Waals surface area contributed by atoms with Crippen LogP contribution in [-0.2, 0) is 4.79 Å². The topological polar surface area (TPSA) is 43.1 Å². The maximum atomic E-state index is 11.1. The van der Waals surface area contributed by atoms with Crippen molar-refractivity contribution < 1.29 is 4.79 Å². The minimum atomic E-state index is 0. The van der Waals surface area contributed by atoms with Crippen molar-refractivity contribution in [1.29, 1.82) is 0 Å². The van der Waals surface area contributed by atoms with E-state index in [1.165, 1.54) is 6.42 Å². The summed E-state index contributed by atoms with van der Waals surface area (Å²) < 4.78 is 0. The van der Waals surface area contributed by atoms with Crippen molar-refractivity contribution in [2.24, 2.45) is 17.6 Å². The number of halogens is 1. The molecule has 0 aromatic carbocycles. The Bertz CT molecular complexity index is 171. The van der Waals surface area contributed by atoms with Gasteiger partial charge in [0.1, 0.15) is 5.78 Å². The monoisotopic (exact) mass is 175 g/mol. The van der Waals surface area contributed by atoms with Crippen LogP contribution in [0.5, 0.6) is 0 Å². The second-order valence-electron chi connectivity index (χ2n) is 3.52. The number of rotatable bonds is 0. The molecule has 2 nitrogen and oxygen atoms in total. The first-order valence-corrected chi connectivity index (χ1v) is 4.07. The second-order valence-corrected chi connectivity index (χ2v) is 3.52. The highest BCUT2D eigenvalue weighted by molar-refractivity contribution is 5.85.